The van der Waals surface area contributed by atoms with Crippen molar-refractivity contribution in [3.05, 3.63) is 61.7 Å². The Labute approximate surface area is 146 Å². The Kier molecular flexibility index (Phi) is 6.76. The van der Waals surface area contributed by atoms with E-state index in [4.69, 9.17) is 4.74 Å². The molecule has 1 aromatic carbocycles. The summed E-state index contributed by atoms with van der Waals surface area (Å²) in [4.78, 5) is 44.8. The number of hydrogen-bond donors (Lipinski definition) is 2. The molecule has 1 rings (SSSR count). The third-order valence-electron chi connectivity index (χ3n) is 3.50. The SMILES string of the molecule is CCOC(=O)C(C(C)=O)C(C(=C(O)O)[N+](=O)[O-])c1ccccc1[N+](=O)[O-]. The molecule has 1 aromatic rings. The van der Waals surface area contributed by atoms with Crippen molar-refractivity contribution in [3.63, 3.8) is 0 Å². The van der Waals surface area contributed by atoms with Crippen molar-refractivity contribution < 1.29 is 34.4 Å². The van der Waals surface area contributed by atoms with Gasteiger partial charge >= 0.3 is 17.6 Å². The molecule has 2 unspecified atom stereocenters. The molecule has 11 nitrogen and oxygen atoms in total. The Morgan fingerprint density at radius 3 is 2.19 bits per heavy atom. The van der Waals surface area contributed by atoms with Crippen LogP contribution in [0.4, 0.5) is 5.69 Å². The molecule has 0 fully saturated rings. The maximum Gasteiger partial charge on any atom is 0.352 e. The van der Waals surface area contributed by atoms with Crippen LogP contribution in [0.15, 0.2) is 35.9 Å². The molecule has 0 aliphatic carbocycles. The molecule has 26 heavy (non-hydrogen) atoms. The Bertz CT molecular complexity index is 768. The zero-order valence-corrected chi connectivity index (χ0v) is 13.8. The molecule has 140 valence electrons. The number of esters is 1. The highest BCUT2D eigenvalue weighted by molar-refractivity contribution is 5.99. The fourth-order valence-electron chi connectivity index (χ4n) is 2.50. The number of ether oxygens (including phenoxy) is 1. The lowest BCUT2D eigenvalue weighted by Gasteiger charge is -2.21. The molecule has 0 aromatic heterocycles. The molecule has 0 aliphatic heterocycles. The molecule has 2 atom stereocenters. The fourth-order valence-corrected chi connectivity index (χ4v) is 2.50. The number of Topliss-reactive ketones (excluding diaryl/α,β-unsaturated/α-hetero) is 1. The predicted octanol–water partition coefficient (Wildman–Crippen LogP) is 2.01. The monoisotopic (exact) mass is 368 g/mol. The molecule has 0 radical (unpaired) electrons. The molecular weight excluding hydrogens is 352 g/mol. The minimum Gasteiger partial charge on any atom is -0.476 e. The average Bonchev–Trinajstić information content (AvgIpc) is 2.53. The summed E-state index contributed by atoms with van der Waals surface area (Å²) in [7, 11) is 0. The summed E-state index contributed by atoms with van der Waals surface area (Å²) < 4.78 is 4.74. The Morgan fingerprint density at radius 2 is 1.77 bits per heavy atom. The van der Waals surface area contributed by atoms with Crippen LogP contribution in [0.5, 0.6) is 0 Å². The van der Waals surface area contributed by atoms with Crippen LogP contribution in [-0.2, 0) is 14.3 Å². The quantitative estimate of drug-likeness (QED) is 0.229. The third-order valence-corrected chi connectivity index (χ3v) is 3.50. The van der Waals surface area contributed by atoms with Gasteiger partial charge < -0.3 is 14.9 Å². The van der Waals surface area contributed by atoms with Crippen LogP contribution < -0.4 is 0 Å². The van der Waals surface area contributed by atoms with E-state index in [1.807, 2.05) is 0 Å². The Hall–Kier alpha value is -3.50. The van der Waals surface area contributed by atoms with E-state index in [9.17, 15) is 40.0 Å². The van der Waals surface area contributed by atoms with Gasteiger partial charge in [0.25, 0.3) is 5.69 Å². The van der Waals surface area contributed by atoms with E-state index < -0.39 is 56.3 Å². The standard InChI is InChI=1S/C15H16N2O9/c1-3-26-15(21)11(8(2)18)12(13(14(19)20)17(24)25)9-6-4-5-7-10(9)16(22)23/h4-7,11-12,19-20H,3H2,1-2H3. The second-order valence-electron chi connectivity index (χ2n) is 5.10. The summed E-state index contributed by atoms with van der Waals surface area (Å²) in [5, 5.41) is 41.3. The van der Waals surface area contributed by atoms with E-state index in [-0.39, 0.29) is 6.61 Å². The Balaban J connectivity index is 3.82. The number of rotatable bonds is 8. The summed E-state index contributed by atoms with van der Waals surface area (Å²) in [6.45, 7) is 2.22. The number of nitro benzene ring substituents is 1. The van der Waals surface area contributed by atoms with E-state index in [2.05, 4.69) is 0 Å². The number of carbonyl (C=O) groups is 2. The number of nitrogens with zero attached hydrogens (tertiary/aromatic N) is 2. The normalized spacial score (nSPS) is 12.5. The van der Waals surface area contributed by atoms with Gasteiger partial charge in [0.15, 0.2) is 0 Å². The zero-order valence-electron chi connectivity index (χ0n) is 13.8. The molecule has 0 saturated carbocycles. The number of para-hydroxylation sites is 1. The number of aliphatic hydroxyl groups excluding tert-OH is 1. The number of aliphatic hydroxyl groups is 2. The maximum absolute atomic E-state index is 12.2. The zero-order chi connectivity index (χ0) is 20.0. The van der Waals surface area contributed by atoms with Gasteiger partial charge in [-0.1, -0.05) is 18.2 Å². The van der Waals surface area contributed by atoms with Gasteiger partial charge in [-0.3, -0.25) is 29.8 Å². The first-order chi connectivity index (χ1) is 12.1. The summed E-state index contributed by atoms with van der Waals surface area (Å²) in [6, 6.07) is 4.67. The van der Waals surface area contributed by atoms with Crippen molar-refractivity contribution in [1.29, 1.82) is 0 Å². The lowest BCUT2D eigenvalue weighted by atomic mass is 9.80. The highest BCUT2D eigenvalue weighted by Crippen LogP contribution is 2.39. The molecule has 11 heteroatoms. The summed E-state index contributed by atoms with van der Waals surface area (Å²) >= 11 is 0. The van der Waals surface area contributed by atoms with Crippen molar-refractivity contribution >= 4 is 17.4 Å². The molecule has 0 saturated heterocycles. The first kappa shape index (κ1) is 20.5. The minimum absolute atomic E-state index is 0.158. The van der Waals surface area contributed by atoms with E-state index >= 15 is 0 Å². The number of ketones is 1. The lowest BCUT2D eigenvalue weighted by Crippen LogP contribution is -2.34. The van der Waals surface area contributed by atoms with Crippen LogP contribution >= 0.6 is 0 Å². The summed E-state index contributed by atoms with van der Waals surface area (Å²) in [5.74, 6) is -7.66. The maximum atomic E-state index is 12.2. The lowest BCUT2D eigenvalue weighted by molar-refractivity contribution is -0.437. The van der Waals surface area contributed by atoms with Crippen LogP contribution in [0.2, 0.25) is 0 Å². The van der Waals surface area contributed by atoms with Gasteiger partial charge in [-0.15, -0.1) is 0 Å². The van der Waals surface area contributed by atoms with Crippen LogP contribution in [0.25, 0.3) is 0 Å². The van der Waals surface area contributed by atoms with E-state index in [0.29, 0.717) is 0 Å². The van der Waals surface area contributed by atoms with Gasteiger partial charge in [0.05, 0.1) is 16.5 Å². The molecular formula is C15H16N2O9. The van der Waals surface area contributed by atoms with E-state index in [1.54, 1.807) is 0 Å². The summed E-state index contributed by atoms with van der Waals surface area (Å²) in [6.07, 6.45) is 0. The number of allylic oxidation sites excluding steroid dienone is 1. The average molecular weight is 368 g/mol. The minimum atomic E-state index is -1.94. The topological polar surface area (TPSA) is 170 Å². The van der Waals surface area contributed by atoms with E-state index in [0.717, 1.165) is 19.1 Å². The van der Waals surface area contributed by atoms with Gasteiger partial charge in [-0.2, -0.15) is 0 Å². The highest BCUT2D eigenvalue weighted by atomic mass is 16.6. The van der Waals surface area contributed by atoms with Gasteiger partial charge in [-0.25, -0.2) is 0 Å². The van der Waals surface area contributed by atoms with Gasteiger partial charge in [0.1, 0.15) is 17.6 Å². The van der Waals surface area contributed by atoms with Crippen LogP contribution in [0.1, 0.15) is 25.3 Å². The second kappa shape index (κ2) is 8.55. The molecule has 0 amide bonds. The first-order valence-corrected chi connectivity index (χ1v) is 7.30. The smallest absolute Gasteiger partial charge is 0.352 e. The number of nitro groups is 2. The van der Waals surface area contributed by atoms with Crippen molar-refractivity contribution in [2.45, 2.75) is 19.8 Å². The molecule has 2 N–H and O–H groups in total. The van der Waals surface area contributed by atoms with Crippen molar-refractivity contribution in [2.75, 3.05) is 6.61 Å². The van der Waals surface area contributed by atoms with Crippen molar-refractivity contribution in [1.82, 2.24) is 0 Å². The molecule has 0 aliphatic rings. The fraction of sp³-hybridized carbons (Fsp3) is 0.333. The molecule has 0 bridgehead atoms. The van der Waals surface area contributed by atoms with Crippen molar-refractivity contribution in [3.8, 4) is 0 Å². The third kappa shape index (κ3) is 4.32. The number of carbonyl (C=O) groups excluding carboxylic acids is 2. The number of hydrogen-bond acceptors (Lipinski definition) is 9. The van der Waals surface area contributed by atoms with Gasteiger partial charge in [0.2, 0.25) is 0 Å². The van der Waals surface area contributed by atoms with Gasteiger partial charge in [-0.05, 0) is 13.8 Å². The highest BCUT2D eigenvalue weighted by Gasteiger charge is 2.47. The van der Waals surface area contributed by atoms with Crippen LogP contribution in [0, 0.1) is 26.1 Å². The molecule has 0 spiro atoms. The summed E-state index contributed by atoms with van der Waals surface area (Å²) in [5.41, 5.74) is -2.36. The first-order valence-electron chi connectivity index (χ1n) is 7.30. The van der Waals surface area contributed by atoms with E-state index in [1.165, 1.54) is 19.1 Å². The number of benzene rings is 1. The predicted molar refractivity (Wildman–Crippen MR) is 85.9 cm³/mol. The van der Waals surface area contributed by atoms with Gasteiger partial charge in [0, 0.05) is 11.6 Å². The Morgan fingerprint density at radius 1 is 1.19 bits per heavy atom. The largest absolute Gasteiger partial charge is 0.476 e. The second-order valence-corrected chi connectivity index (χ2v) is 5.10. The van der Waals surface area contributed by atoms with Crippen LogP contribution in [0.3, 0.4) is 0 Å². The molecule has 0 heterocycles. The van der Waals surface area contributed by atoms with Crippen molar-refractivity contribution in [2.24, 2.45) is 5.92 Å². The van der Waals surface area contributed by atoms with Crippen LogP contribution in [-0.4, -0.2) is 38.4 Å².